The number of nitrogens with zero attached hydrogens (tertiary/aromatic N) is 3. The Kier molecular flexibility index (Phi) is 9.81. The second kappa shape index (κ2) is 11.9. The van der Waals surface area contributed by atoms with Gasteiger partial charge < -0.3 is 20.0 Å². The highest BCUT2D eigenvalue weighted by molar-refractivity contribution is 7.74. The summed E-state index contributed by atoms with van der Waals surface area (Å²) in [5.74, 6) is -1.18. The van der Waals surface area contributed by atoms with Crippen molar-refractivity contribution in [3.63, 3.8) is 0 Å². The Bertz CT molecular complexity index is 713. The molecule has 7 nitrogen and oxygen atoms in total. The van der Waals surface area contributed by atoms with Gasteiger partial charge in [0, 0.05) is 18.9 Å². The Balaban J connectivity index is 0.00000163. The summed E-state index contributed by atoms with van der Waals surface area (Å²) in [6.07, 6.45) is 13.1. The van der Waals surface area contributed by atoms with Crippen LogP contribution in [0.4, 0.5) is 5.82 Å². The third-order valence-corrected chi connectivity index (χ3v) is 3.66. The largest absolute Gasteiger partial charge is 0.481 e. The molecule has 0 spiro atoms. The zero-order valence-electron chi connectivity index (χ0n) is 14.4. The van der Waals surface area contributed by atoms with Crippen LogP contribution in [-0.2, 0) is 17.8 Å². The number of aliphatic carboxylic acids is 1. The van der Waals surface area contributed by atoms with E-state index in [1.807, 2.05) is 10.6 Å². The second-order valence-corrected chi connectivity index (χ2v) is 5.53. The maximum Gasteiger partial charge on any atom is 0.312 e. The fourth-order valence-corrected chi connectivity index (χ4v) is 2.37. The molecule has 2 aromatic heterocycles. The van der Waals surface area contributed by atoms with Gasteiger partial charge in [0.25, 0.3) is 0 Å². The topological polar surface area (TPSA) is 114 Å². The van der Waals surface area contributed by atoms with Gasteiger partial charge in [0.2, 0.25) is 0 Å². The van der Waals surface area contributed by atoms with Crippen molar-refractivity contribution in [2.45, 2.75) is 31.7 Å². The van der Waals surface area contributed by atoms with E-state index in [9.17, 15) is 9.90 Å². The van der Waals surface area contributed by atoms with Crippen LogP contribution in [0.2, 0.25) is 0 Å². The van der Waals surface area contributed by atoms with Crippen LogP contribution in [0.3, 0.4) is 0 Å². The van der Waals surface area contributed by atoms with Crippen LogP contribution in [0.25, 0.3) is 0 Å². The first-order valence-corrected chi connectivity index (χ1v) is 8.42. The Morgan fingerprint density at radius 1 is 1.38 bits per heavy atom. The first-order chi connectivity index (χ1) is 12.6. The summed E-state index contributed by atoms with van der Waals surface area (Å²) in [5.41, 5.74) is 6.93. The summed E-state index contributed by atoms with van der Waals surface area (Å²) < 4.78 is 8.62. The molecule has 1 atom stereocenters. The molecule has 0 radical (unpaired) electrons. The normalized spacial score (nSPS) is 11.6. The van der Waals surface area contributed by atoms with Crippen LogP contribution >= 0.6 is 12.9 Å². The number of hydrogen-bond acceptors (Lipinski definition) is 6. The highest BCUT2D eigenvalue weighted by Gasteiger charge is 2.23. The third-order valence-electron chi connectivity index (χ3n) is 3.66. The van der Waals surface area contributed by atoms with Gasteiger partial charge in [0.1, 0.15) is 11.7 Å². The maximum absolute atomic E-state index is 11.6. The number of nitrogen functional groups attached to an aromatic ring is 1. The molecule has 0 aliphatic rings. The molecular weight excluding hydrogens is 352 g/mol. The molecule has 2 aromatic rings. The summed E-state index contributed by atoms with van der Waals surface area (Å²) in [6.45, 7) is 4.42. The number of aromatic nitrogens is 3. The first kappa shape index (κ1) is 21.5. The second-order valence-electron chi connectivity index (χ2n) is 5.53. The zero-order valence-corrected chi connectivity index (χ0v) is 15.3. The molecule has 4 N–H and O–H groups in total. The maximum atomic E-state index is 11.6. The van der Waals surface area contributed by atoms with E-state index in [-0.39, 0.29) is 0 Å². The standard InChI is InChI=1S/C18H22N4O2.H2OS/c1-2-3-4-5-6-9-22-12-16(21-13-22)15(18(23)24)10-14-7-8-17(19)20-11-14;1-2/h2-4,7-8,11-13,15H,1,5-6,9-10H2,(H2,19,20)(H,23,24);1-2H/b4-3-;. The lowest BCUT2D eigenvalue weighted by atomic mass is 9.98. The molecule has 26 heavy (non-hydrogen) atoms. The highest BCUT2D eigenvalue weighted by Crippen LogP contribution is 2.20. The van der Waals surface area contributed by atoms with Crippen LogP contribution in [0, 0.1) is 0 Å². The number of unbranched alkanes of at least 4 members (excludes halogenated alkanes) is 1. The lowest BCUT2D eigenvalue weighted by Crippen LogP contribution is -2.15. The molecule has 0 fully saturated rings. The van der Waals surface area contributed by atoms with Crippen LogP contribution in [0.15, 0.2) is 55.7 Å². The minimum Gasteiger partial charge on any atom is -0.481 e. The molecule has 8 heteroatoms. The van der Waals surface area contributed by atoms with Crippen LogP contribution in [0.5, 0.6) is 0 Å². The number of hydrogen-bond donors (Lipinski definition) is 4. The zero-order chi connectivity index (χ0) is 19.4. The fourth-order valence-electron chi connectivity index (χ4n) is 2.37. The van der Waals surface area contributed by atoms with Gasteiger partial charge in [-0.05, 0) is 43.8 Å². The van der Waals surface area contributed by atoms with Crippen molar-refractivity contribution < 1.29 is 14.5 Å². The molecule has 0 aliphatic carbocycles. The Morgan fingerprint density at radius 2 is 2.15 bits per heavy atom. The predicted octanol–water partition coefficient (Wildman–Crippen LogP) is 3.18. The number of imidazole rings is 1. The summed E-state index contributed by atoms with van der Waals surface area (Å²) in [5, 5.41) is 9.51. The summed E-state index contributed by atoms with van der Waals surface area (Å²) in [4.78, 5) is 19.9. The van der Waals surface area contributed by atoms with E-state index in [4.69, 9.17) is 10.3 Å². The number of carbonyl (C=O) groups is 1. The van der Waals surface area contributed by atoms with Gasteiger partial charge in [0.15, 0.2) is 0 Å². The SMILES string of the molecule is C=C/C=C\CCCn1cnc(C(Cc2ccc(N)nc2)C(=O)O)c1.OS. The number of allylic oxidation sites excluding steroid dienone is 3. The van der Waals surface area contributed by atoms with Crippen LogP contribution < -0.4 is 5.73 Å². The number of carboxylic acids is 1. The number of anilines is 1. The average molecular weight is 376 g/mol. The number of thiol groups is 1. The van der Waals surface area contributed by atoms with Crippen molar-refractivity contribution in [3.8, 4) is 0 Å². The average Bonchev–Trinajstić information content (AvgIpc) is 3.11. The van der Waals surface area contributed by atoms with E-state index in [0.29, 0.717) is 17.9 Å². The van der Waals surface area contributed by atoms with Crippen LogP contribution in [-0.4, -0.2) is 30.2 Å². The van der Waals surface area contributed by atoms with E-state index in [2.05, 4.69) is 35.5 Å². The van der Waals surface area contributed by atoms with Gasteiger partial charge >= 0.3 is 5.97 Å². The van der Waals surface area contributed by atoms with Gasteiger partial charge in [-0.25, -0.2) is 9.97 Å². The van der Waals surface area contributed by atoms with Crippen molar-refractivity contribution in [2.24, 2.45) is 0 Å². The van der Waals surface area contributed by atoms with E-state index < -0.39 is 11.9 Å². The highest BCUT2D eigenvalue weighted by atomic mass is 32.1. The minimum absolute atomic E-state index is 0.335. The molecular formula is C18H24N4O3S. The molecule has 0 aliphatic heterocycles. The Hall–Kier alpha value is -2.58. The van der Waals surface area contributed by atoms with E-state index in [1.54, 1.807) is 36.9 Å². The van der Waals surface area contributed by atoms with Crippen molar-refractivity contribution in [2.75, 3.05) is 5.73 Å². The first-order valence-electron chi connectivity index (χ1n) is 8.02. The van der Waals surface area contributed by atoms with Gasteiger partial charge in [-0.2, -0.15) is 0 Å². The number of rotatable bonds is 9. The number of pyridine rings is 1. The predicted molar refractivity (Wildman–Crippen MR) is 105 cm³/mol. The molecule has 0 bridgehead atoms. The monoisotopic (exact) mass is 376 g/mol. The molecule has 0 saturated heterocycles. The molecule has 1 unspecified atom stereocenters. The van der Waals surface area contributed by atoms with Gasteiger partial charge in [-0.15, -0.1) is 0 Å². The summed E-state index contributed by atoms with van der Waals surface area (Å²) >= 11 is 2.53. The lowest BCUT2D eigenvalue weighted by molar-refractivity contribution is -0.138. The number of aryl methyl sites for hydroxylation is 1. The Labute approximate surface area is 158 Å². The van der Waals surface area contributed by atoms with Crippen molar-refractivity contribution in [3.05, 3.63) is 66.9 Å². The molecule has 0 saturated carbocycles. The molecule has 140 valence electrons. The van der Waals surface area contributed by atoms with Crippen molar-refractivity contribution >= 4 is 24.7 Å². The number of carboxylic acid groups (broad SMARTS) is 1. The van der Waals surface area contributed by atoms with Gasteiger partial charge in [0.05, 0.1) is 12.0 Å². The summed E-state index contributed by atoms with van der Waals surface area (Å²) in [6, 6.07) is 3.46. The molecule has 0 amide bonds. The van der Waals surface area contributed by atoms with Gasteiger partial charge in [-0.3, -0.25) is 4.79 Å². The van der Waals surface area contributed by atoms with Gasteiger partial charge in [-0.1, -0.05) is 30.9 Å². The van der Waals surface area contributed by atoms with E-state index >= 15 is 0 Å². The smallest absolute Gasteiger partial charge is 0.312 e. The third kappa shape index (κ3) is 7.12. The molecule has 2 rings (SSSR count). The quantitative estimate of drug-likeness (QED) is 0.231. The van der Waals surface area contributed by atoms with E-state index in [1.165, 1.54) is 0 Å². The number of nitrogens with two attached hydrogens (primary N) is 1. The van der Waals surface area contributed by atoms with Crippen LogP contribution in [0.1, 0.15) is 30.0 Å². The lowest BCUT2D eigenvalue weighted by Gasteiger charge is -2.09. The summed E-state index contributed by atoms with van der Waals surface area (Å²) in [7, 11) is 0. The van der Waals surface area contributed by atoms with E-state index in [0.717, 1.165) is 24.9 Å². The Morgan fingerprint density at radius 3 is 2.77 bits per heavy atom. The van der Waals surface area contributed by atoms with Crippen molar-refractivity contribution in [1.82, 2.24) is 14.5 Å². The molecule has 0 aromatic carbocycles. The van der Waals surface area contributed by atoms with Crippen molar-refractivity contribution in [1.29, 1.82) is 0 Å². The molecule has 2 heterocycles. The fraction of sp³-hybridized carbons (Fsp3) is 0.278. The minimum atomic E-state index is -0.897.